The average molecular weight is 425 g/mol. The third kappa shape index (κ3) is 5.84. The predicted molar refractivity (Wildman–Crippen MR) is 118 cm³/mol. The molecule has 3 aromatic carbocycles. The monoisotopic (exact) mass is 424 g/mol. The van der Waals surface area contributed by atoms with Gasteiger partial charge < -0.3 is 10.1 Å². The minimum atomic E-state index is -3.37. The van der Waals surface area contributed by atoms with Gasteiger partial charge in [-0.25, -0.2) is 8.42 Å². The molecule has 1 atom stereocenters. The average Bonchev–Trinajstić information content (AvgIpc) is 2.73. The first-order valence-electron chi connectivity index (χ1n) is 9.52. The van der Waals surface area contributed by atoms with Gasteiger partial charge >= 0.3 is 0 Å². The van der Waals surface area contributed by atoms with Gasteiger partial charge in [0.2, 0.25) is 10.0 Å². The number of nitrogens with one attached hydrogen (secondary N) is 2. The highest BCUT2D eigenvalue weighted by Gasteiger charge is 2.18. The van der Waals surface area contributed by atoms with Crippen molar-refractivity contribution in [2.24, 2.45) is 0 Å². The minimum absolute atomic E-state index is 0.261. The summed E-state index contributed by atoms with van der Waals surface area (Å²) in [6.07, 6.45) is 1.08. The first kappa shape index (κ1) is 21.4. The number of rotatable bonds is 8. The fourth-order valence-electron chi connectivity index (χ4n) is 3.05. The summed E-state index contributed by atoms with van der Waals surface area (Å²) < 4.78 is 30.6. The Morgan fingerprint density at radius 3 is 2.07 bits per heavy atom. The van der Waals surface area contributed by atoms with Gasteiger partial charge in [0.25, 0.3) is 5.91 Å². The second-order valence-electron chi connectivity index (χ2n) is 6.77. The Hall–Kier alpha value is -3.32. The van der Waals surface area contributed by atoms with Crippen LogP contribution >= 0.6 is 0 Å². The summed E-state index contributed by atoms with van der Waals surface area (Å²) in [5.41, 5.74) is 2.71. The lowest BCUT2D eigenvalue weighted by Gasteiger charge is -2.20. The number of carbonyl (C=O) groups is 1. The van der Waals surface area contributed by atoms with E-state index in [9.17, 15) is 13.2 Å². The number of anilines is 1. The van der Waals surface area contributed by atoms with Crippen molar-refractivity contribution in [3.8, 4) is 5.75 Å². The molecule has 0 aliphatic heterocycles. The molecule has 6 nitrogen and oxygen atoms in total. The summed E-state index contributed by atoms with van der Waals surface area (Å²) in [5.74, 6) is 0.511. The zero-order valence-electron chi connectivity index (χ0n) is 16.8. The third-order valence-electron chi connectivity index (χ3n) is 4.38. The van der Waals surface area contributed by atoms with E-state index >= 15 is 0 Å². The molecule has 1 amide bonds. The Balaban J connectivity index is 1.83. The molecule has 3 rings (SSSR count). The van der Waals surface area contributed by atoms with Crippen LogP contribution in [0.15, 0.2) is 78.9 Å². The van der Waals surface area contributed by atoms with Gasteiger partial charge in [0, 0.05) is 11.3 Å². The Bertz CT molecular complexity index is 1080. The maximum Gasteiger partial charge on any atom is 0.252 e. The fraction of sp³-hybridized carbons (Fsp3) is 0.174. The quantitative estimate of drug-likeness (QED) is 0.573. The van der Waals surface area contributed by atoms with Crippen LogP contribution < -0.4 is 14.8 Å². The van der Waals surface area contributed by atoms with Gasteiger partial charge in [-0.1, -0.05) is 42.5 Å². The molecule has 0 saturated carbocycles. The van der Waals surface area contributed by atoms with Crippen molar-refractivity contribution in [3.05, 3.63) is 95.6 Å². The lowest BCUT2D eigenvalue weighted by Crippen LogP contribution is -2.29. The van der Waals surface area contributed by atoms with Crippen molar-refractivity contribution in [1.82, 2.24) is 5.32 Å². The molecule has 1 unspecified atom stereocenters. The van der Waals surface area contributed by atoms with E-state index in [0.717, 1.165) is 23.1 Å². The van der Waals surface area contributed by atoms with Crippen LogP contribution in [0.5, 0.6) is 5.75 Å². The summed E-state index contributed by atoms with van der Waals surface area (Å²) >= 11 is 0. The van der Waals surface area contributed by atoms with Crippen LogP contribution in [0.3, 0.4) is 0 Å². The van der Waals surface area contributed by atoms with Gasteiger partial charge in [-0.05, 0) is 54.4 Å². The van der Waals surface area contributed by atoms with Crippen LogP contribution in [0.25, 0.3) is 0 Å². The van der Waals surface area contributed by atoms with Gasteiger partial charge in [0.05, 0.1) is 18.9 Å². The van der Waals surface area contributed by atoms with E-state index in [1.165, 1.54) is 0 Å². The molecular formula is C23H24N2O4S. The maximum absolute atomic E-state index is 12.9. The SMILES string of the molecule is CCOc1ccc(C(NC(=O)c2ccc(NS(C)(=O)=O)cc2)c2ccccc2)cc1. The largest absolute Gasteiger partial charge is 0.494 e. The molecule has 0 saturated heterocycles. The van der Waals surface area contributed by atoms with Gasteiger partial charge in [0.15, 0.2) is 0 Å². The van der Waals surface area contributed by atoms with Crippen molar-refractivity contribution >= 4 is 21.6 Å². The Kier molecular flexibility index (Phi) is 6.74. The highest BCUT2D eigenvalue weighted by molar-refractivity contribution is 7.92. The molecule has 0 spiro atoms. The van der Waals surface area contributed by atoms with Gasteiger partial charge in [0.1, 0.15) is 5.75 Å². The smallest absolute Gasteiger partial charge is 0.252 e. The summed E-state index contributed by atoms with van der Waals surface area (Å²) in [6.45, 7) is 2.51. The van der Waals surface area contributed by atoms with Crippen LogP contribution in [0.2, 0.25) is 0 Å². The number of hydrogen-bond acceptors (Lipinski definition) is 4. The van der Waals surface area contributed by atoms with E-state index in [4.69, 9.17) is 4.74 Å². The molecule has 0 aliphatic rings. The summed E-state index contributed by atoms with van der Waals surface area (Å²) in [7, 11) is -3.37. The van der Waals surface area contributed by atoms with Crippen molar-refractivity contribution in [2.45, 2.75) is 13.0 Å². The third-order valence-corrected chi connectivity index (χ3v) is 4.99. The molecule has 0 heterocycles. The van der Waals surface area contributed by atoms with E-state index in [2.05, 4.69) is 10.0 Å². The number of amides is 1. The molecule has 0 aromatic heterocycles. The first-order valence-corrected chi connectivity index (χ1v) is 11.4. The highest BCUT2D eigenvalue weighted by atomic mass is 32.2. The standard InChI is InChI=1S/C23H24N2O4S/c1-3-29-21-15-11-18(12-16-21)22(17-7-5-4-6-8-17)24-23(26)19-9-13-20(14-10-19)25-30(2,27)28/h4-16,22,25H,3H2,1-2H3,(H,24,26). The van der Waals surface area contributed by atoms with E-state index in [1.54, 1.807) is 24.3 Å². The lowest BCUT2D eigenvalue weighted by atomic mass is 9.98. The molecule has 0 radical (unpaired) electrons. The second-order valence-corrected chi connectivity index (χ2v) is 8.52. The molecule has 3 aromatic rings. The molecule has 0 aliphatic carbocycles. The summed E-state index contributed by atoms with van der Waals surface area (Å²) in [6, 6.07) is 23.3. The van der Waals surface area contributed by atoms with Crippen molar-refractivity contribution in [3.63, 3.8) is 0 Å². The van der Waals surface area contributed by atoms with E-state index in [1.807, 2.05) is 61.5 Å². The van der Waals surface area contributed by atoms with Crippen LogP contribution in [0, 0.1) is 0 Å². The molecule has 156 valence electrons. The Labute approximate surface area is 177 Å². The topological polar surface area (TPSA) is 84.5 Å². The molecule has 7 heteroatoms. The summed E-state index contributed by atoms with van der Waals surface area (Å²) in [5, 5.41) is 3.07. The lowest BCUT2D eigenvalue weighted by molar-refractivity contribution is 0.0943. The highest BCUT2D eigenvalue weighted by Crippen LogP contribution is 2.25. The molecule has 0 fully saturated rings. The molecule has 2 N–H and O–H groups in total. The Morgan fingerprint density at radius 2 is 1.50 bits per heavy atom. The summed E-state index contributed by atoms with van der Waals surface area (Å²) in [4.78, 5) is 12.9. The van der Waals surface area contributed by atoms with E-state index in [0.29, 0.717) is 17.9 Å². The predicted octanol–water partition coefficient (Wildman–Crippen LogP) is 3.98. The van der Waals surface area contributed by atoms with Crippen molar-refractivity contribution < 1.29 is 17.9 Å². The number of carbonyl (C=O) groups excluding carboxylic acids is 1. The van der Waals surface area contributed by atoms with Gasteiger partial charge in [-0.2, -0.15) is 0 Å². The number of hydrogen-bond donors (Lipinski definition) is 2. The van der Waals surface area contributed by atoms with Crippen LogP contribution in [0.1, 0.15) is 34.5 Å². The van der Waals surface area contributed by atoms with E-state index < -0.39 is 10.0 Å². The molecule has 0 bridgehead atoms. The first-order chi connectivity index (χ1) is 14.4. The van der Waals surface area contributed by atoms with Crippen LogP contribution in [0.4, 0.5) is 5.69 Å². The van der Waals surface area contributed by atoms with Crippen LogP contribution in [-0.2, 0) is 10.0 Å². The Morgan fingerprint density at radius 1 is 0.900 bits per heavy atom. The number of ether oxygens (including phenoxy) is 1. The van der Waals surface area contributed by atoms with Gasteiger partial charge in [-0.3, -0.25) is 9.52 Å². The molecular weight excluding hydrogens is 400 g/mol. The number of benzene rings is 3. The van der Waals surface area contributed by atoms with Crippen LogP contribution in [-0.4, -0.2) is 27.2 Å². The van der Waals surface area contributed by atoms with Gasteiger partial charge in [-0.15, -0.1) is 0 Å². The zero-order chi connectivity index (χ0) is 21.6. The van der Waals surface area contributed by atoms with Crippen molar-refractivity contribution in [1.29, 1.82) is 0 Å². The zero-order valence-corrected chi connectivity index (χ0v) is 17.6. The maximum atomic E-state index is 12.9. The minimum Gasteiger partial charge on any atom is -0.494 e. The normalized spacial score (nSPS) is 12.1. The number of sulfonamides is 1. The second kappa shape index (κ2) is 9.45. The van der Waals surface area contributed by atoms with Crippen molar-refractivity contribution in [2.75, 3.05) is 17.6 Å². The fourth-order valence-corrected chi connectivity index (χ4v) is 3.61. The van der Waals surface area contributed by atoms with E-state index in [-0.39, 0.29) is 11.9 Å². The molecule has 30 heavy (non-hydrogen) atoms.